The lowest BCUT2D eigenvalue weighted by atomic mass is 10.1. The van der Waals surface area contributed by atoms with Crippen molar-refractivity contribution in [2.24, 2.45) is 0 Å². The highest BCUT2D eigenvalue weighted by Gasteiger charge is 2.20. The predicted octanol–water partition coefficient (Wildman–Crippen LogP) is 4.54. The van der Waals surface area contributed by atoms with Gasteiger partial charge in [-0.3, -0.25) is 4.79 Å². The fraction of sp³-hybridized carbons (Fsp3) is 0.300. The molecular formula is C20H22ClNO4. The van der Waals surface area contributed by atoms with Crippen LogP contribution in [0.2, 0.25) is 5.02 Å². The maximum atomic E-state index is 12.6. The lowest BCUT2D eigenvalue weighted by Crippen LogP contribution is -2.32. The first-order chi connectivity index (χ1) is 12.3. The van der Waals surface area contributed by atoms with Gasteiger partial charge in [0.1, 0.15) is 5.75 Å². The molecule has 0 aliphatic heterocycles. The number of anilines is 1. The standard InChI is InChI=1S/C20H22ClNO4/c1-5-17(26-18-10-12(2)6-7-13(18)3)19(23)22-14-8-9-16(21)15(11-14)20(24)25-4/h6-11,17H,5H2,1-4H3,(H,22,23)/t17-/m1/s1. The molecule has 0 fully saturated rings. The van der Waals surface area contributed by atoms with Crippen LogP contribution in [-0.4, -0.2) is 25.1 Å². The largest absolute Gasteiger partial charge is 0.480 e. The average molecular weight is 376 g/mol. The number of hydrogen-bond acceptors (Lipinski definition) is 4. The maximum absolute atomic E-state index is 12.6. The average Bonchev–Trinajstić information content (AvgIpc) is 2.63. The van der Waals surface area contributed by atoms with Gasteiger partial charge >= 0.3 is 5.97 Å². The molecule has 2 rings (SSSR count). The van der Waals surface area contributed by atoms with Crippen LogP contribution in [0.25, 0.3) is 0 Å². The van der Waals surface area contributed by atoms with Gasteiger partial charge in [0, 0.05) is 5.69 Å². The van der Waals surface area contributed by atoms with Crippen LogP contribution in [0.5, 0.6) is 5.75 Å². The summed E-state index contributed by atoms with van der Waals surface area (Å²) in [4.78, 5) is 24.3. The van der Waals surface area contributed by atoms with E-state index in [0.717, 1.165) is 11.1 Å². The summed E-state index contributed by atoms with van der Waals surface area (Å²) in [5, 5.41) is 3.02. The van der Waals surface area contributed by atoms with Gasteiger partial charge in [0.25, 0.3) is 5.91 Å². The Morgan fingerprint density at radius 2 is 1.88 bits per heavy atom. The molecule has 138 valence electrons. The Hall–Kier alpha value is -2.53. The third-order valence-electron chi connectivity index (χ3n) is 3.92. The molecule has 1 N–H and O–H groups in total. The fourth-order valence-corrected chi connectivity index (χ4v) is 2.60. The van der Waals surface area contributed by atoms with E-state index in [9.17, 15) is 9.59 Å². The minimum atomic E-state index is -0.659. The van der Waals surface area contributed by atoms with Crippen LogP contribution in [0, 0.1) is 13.8 Å². The lowest BCUT2D eigenvalue weighted by Gasteiger charge is -2.19. The van der Waals surface area contributed by atoms with Crippen molar-refractivity contribution in [2.75, 3.05) is 12.4 Å². The molecule has 1 amide bonds. The number of halogens is 1. The van der Waals surface area contributed by atoms with Gasteiger partial charge in [-0.2, -0.15) is 0 Å². The summed E-state index contributed by atoms with van der Waals surface area (Å²) in [6.45, 7) is 5.77. The Labute approximate surface area is 158 Å². The van der Waals surface area contributed by atoms with E-state index in [1.165, 1.54) is 19.2 Å². The number of methoxy groups -OCH3 is 1. The van der Waals surface area contributed by atoms with E-state index in [2.05, 4.69) is 10.1 Å². The molecule has 2 aromatic rings. The van der Waals surface area contributed by atoms with Gasteiger partial charge in [0.2, 0.25) is 0 Å². The molecule has 5 nitrogen and oxygen atoms in total. The van der Waals surface area contributed by atoms with Gasteiger partial charge in [-0.25, -0.2) is 4.79 Å². The molecule has 0 saturated heterocycles. The topological polar surface area (TPSA) is 64.6 Å². The highest BCUT2D eigenvalue weighted by molar-refractivity contribution is 6.33. The Morgan fingerprint density at radius 3 is 2.54 bits per heavy atom. The number of hydrogen-bond donors (Lipinski definition) is 1. The lowest BCUT2D eigenvalue weighted by molar-refractivity contribution is -0.122. The molecule has 0 aromatic heterocycles. The molecular weight excluding hydrogens is 354 g/mol. The predicted molar refractivity (Wildman–Crippen MR) is 102 cm³/mol. The molecule has 0 spiro atoms. The quantitative estimate of drug-likeness (QED) is 0.753. The summed E-state index contributed by atoms with van der Waals surface area (Å²) in [5.74, 6) is -0.185. The zero-order chi connectivity index (χ0) is 19.3. The molecule has 26 heavy (non-hydrogen) atoms. The SMILES string of the molecule is CC[C@@H](Oc1cc(C)ccc1C)C(=O)Nc1ccc(Cl)c(C(=O)OC)c1. The van der Waals surface area contributed by atoms with Crippen molar-refractivity contribution in [1.29, 1.82) is 0 Å². The Balaban J connectivity index is 2.16. The molecule has 0 saturated carbocycles. The molecule has 0 aliphatic carbocycles. The molecule has 0 bridgehead atoms. The second kappa shape index (κ2) is 8.72. The number of nitrogens with one attached hydrogen (secondary N) is 1. The minimum Gasteiger partial charge on any atom is -0.480 e. The number of rotatable bonds is 6. The first-order valence-corrected chi connectivity index (χ1v) is 8.66. The Morgan fingerprint density at radius 1 is 1.15 bits per heavy atom. The van der Waals surface area contributed by atoms with Gasteiger partial charge in [0.05, 0.1) is 17.7 Å². The number of amides is 1. The highest BCUT2D eigenvalue weighted by atomic mass is 35.5. The zero-order valence-corrected chi connectivity index (χ0v) is 16.0. The number of carbonyl (C=O) groups excluding carboxylic acids is 2. The normalized spacial score (nSPS) is 11.6. The van der Waals surface area contributed by atoms with Gasteiger partial charge in [-0.1, -0.05) is 30.7 Å². The van der Waals surface area contributed by atoms with Gasteiger partial charge in [-0.15, -0.1) is 0 Å². The summed E-state index contributed by atoms with van der Waals surface area (Å²) in [6, 6.07) is 10.5. The monoisotopic (exact) mass is 375 g/mol. The van der Waals surface area contributed by atoms with Crippen molar-refractivity contribution in [2.45, 2.75) is 33.3 Å². The van der Waals surface area contributed by atoms with Crippen LogP contribution in [0.4, 0.5) is 5.69 Å². The zero-order valence-electron chi connectivity index (χ0n) is 15.3. The summed E-state index contributed by atoms with van der Waals surface area (Å²) in [6.07, 6.45) is -0.163. The van der Waals surface area contributed by atoms with Crippen molar-refractivity contribution in [1.82, 2.24) is 0 Å². The minimum absolute atomic E-state index is 0.190. The van der Waals surface area contributed by atoms with Crippen molar-refractivity contribution >= 4 is 29.2 Å². The van der Waals surface area contributed by atoms with Crippen LogP contribution in [0.3, 0.4) is 0 Å². The van der Waals surface area contributed by atoms with Crippen LogP contribution in [0.1, 0.15) is 34.8 Å². The first kappa shape index (κ1) is 19.8. The van der Waals surface area contributed by atoms with E-state index in [0.29, 0.717) is 17.9 Å². The third-order valence-corrected chi connectivity index (χ3v) is 4.24. The second-order valence-electron chi connectivity index (χ2n) is 5.96. The van der Waals surface area contributed by atoms with Crippen LogP contribution in [0.15, 0.2) is 36.4 Å². The van der Waals surface area contributed by atoms with Crippen LogP contribution >= 0.6 is 11.6 Å². The second-order valence-corrected chi connectivity index (χ2v) is 6.37. The Kier molecular flexibility index (Phi) is 6.64. The molecule has 0 unspecified atom stereocenters. The van der Waals surface area contributed by atoms with E-state index < -0.39 is 12.1 Å². The van der Waals surface area contributed by atoms with Gasteiger partial charge < -0.3 is 14.8 Å². The summed E-state index contributed by atoms with van der Waals surface area (Å²) < 4.78 is 10.6. The van der Waals surface area contributed by atoms with Crippen LogP contribution in [-0.2, 0) is 9.53 Å². The van der Waals surface area contributed by atoms with E-state index in [1.54, 1.807) is 6.07 Å². The smallest absolute Gasteiger partial charge is 0.339 e. The Bertz CT molecular complexity index is 819. The van der Waals surface area contributed by atoms with E-state index in [4.69, 9.17) is 16.3 Å². The van der Waals surface area contributed by atoms with E-state index >= 15 is 0 Å². The summed E-state index contributed by atoms with van der Waals surface area (Å²) >= 11 is 6.00. The molecule has 0 heterocycles. The summed E-state index contributed by atoms with van der Waals surface area (Å²) in [7, 11) is 1.27. The van der Waals surface area contributed by atoms with Crippen molar-refractivity contribution < 1.29 is 19.1 Å². The molecule has 0 aliphatic rings. The number of benzene rings is 2. The fourth-order valence-electron chi connectivity index (χ4n) is 2.40. The summed E-state index contributed by atoms with van der Waals surface area (Å²) in [5.41, 5.74) is 2.65. The first-order valence-electron chi connectivity index (χ1n) is 8.28. The van der Waals surface area contributed by atoms with Gasteiger partial charge in [0.15, 0.2) is 6.10 Å². The molecule has 1 atom stereocenters. The highest BCUT2D eigenvalue weighted by Crippen LogP contribution is 2.24. The third kappa shape index (κ3) is 4.76. The molecule has 6 heteroatoms. The van der Waals surface area contributed by atoms with Crippen LogP contribution < -0.4 is 10.1 Å². The number of ether oxygens (including phenoxy) is 2. The number of aryl methyl sites for hydroxylation is 2. The van der Waals surface area contributed by atoms with Gasteiger partial charge in [-0.05, 0) is 55.7 Å². The van der Waals surface area contributed by atoms with E-state index in [1.807, 2.05) is 39.0 Å². The van der Waals surface area contributed by atoms with E-state index in [-0.39, 0.29) is 16.5 Å². The molecule has 2 aromatic carbocycles. The van der Waals surface area contributed by atoms with Crippen molar-refractivity contribution in [3.8, 4) is 5.75 Å². The van der Waals surface area contributed by atoms with Crippen molar-refractivity contribution in [3.05, 3.63) is 58.1 Å². The number of esters is 1. The van der Waals surface area contributed by atoms with Crippen molar-refractivity contribution in [3.63, 3.8) is 0 Å². The maximum Gasteiger partial charge on any atom is 0.339 e. The molecule has 0 radical (unpaired) electrons. The number of carbonyl (C=O) groups is 2.